The van der Waals surface area contributed by atoms with E-state index in [0.29, 0.717) is 57.4 Å². The van der Waals surface area contributed by atoms with Crippen molar-refractivity contribution in [3.05, 3.63) is 47.5 Å². The van der Waals surface area contributed by atoms with Crippen molar-refractivity contribution in [2.45, 2.75) is 63.2 Å². The van der Waals surface area contributed by atoms with E-state index in [1.54, 1.807) is 24.3 Å². The van der Waals surface area contributed by atoms with Crippen LogP contribution in [0.2, 0.25) is 0 Å². The Morgan fingerprint density at radius 3 is 1.74 bits per heavy atom. The van der Waals surface area contributed by atoms with Gasteiger partial charge in [0, 0.05) is 39.3 Å². The fraction of sp³-hybridized carbons (Fsp3) is 0.571. The summed E-state index contributed by atoms with van der Waals surface area (Å²) in [5.41, 5.74) is 1.86. The summed E-state index contributed by atoms with van der Waals surface area (Å²) < 4.78 is 68.8. The van der Waals surface area contributed by atoms with E-state index in [1.165, 1.54) is 4.31 Å². The molecule has 1 saturated heterocycles. The number of rotatable bonds is 13. The molecule has 0 aliphatic carbocycles. The summed E-state index contributed by atoms with van der Waals surface area (Å²) in [6.45, 7) is 14.8. The predicted molar refractivity (Wildman–Crippen MR) is 154 cm³/mol. The largest absolute Gasteiger partial charge is 0.492 e. The fourth-order valence-corrected chi connectivity index (χ4v) is 7.26. The van der Waals surface area contributed by atoms with Gasteiger partial charge in [-0.1, -0.05) is 39.8 Å². The topological polar surface area (TPSA) is 105 Å². The molecule has 0 unspecified atom stereocenters. The smallest absolute Gasteiger partial charge is 0.246 e. The normalized spacial score (nSPS) is 15.7. The molecule has 2 aromatic carbocycles. The van der Waals surface area contributed by atoms with Crippen LogP contribution in [-0.4, -0.2) is 78.5 Å². The monoisotopic (exact) mass is 581 g/mol. The zero-order valence-electron chi connectivity index (χ0n) is 23.9. The zero-order valence-corrected chi connectivity index (χ0v) is 25.6. The first-order valence-electron chi connectivity index (χ1n) is 13.7. The number of hydrogen-bond acceptors (Lipinski definition) is 7. The number of sulfonamides is 2. The summed E-state index contributed by atoms with van der Waals surface area (Å²) in [7, 11) is -7.52. The highest BCUT2D eigenvalue weighted by molar-refractivity contribution is 7.89. The summed E-state index contributed by atoms with van der Waals surface area (Å²) in [6, 6.07) is 10.6. The molecule has 2 aromatic rings. The summed E-state index contributed by atoms with van der Waals surface area (Å²) >= 11 is 0. The molecular weight excluding hydrogens is 538 g/mol. The van der Waals surface area contributed by atoms with Gasteiger partial charge in [0.25, 0.3) is 0 Å². The van der Waals surface area contributed by atoms with Crippen molar-refractivity contribution in [3.8, 4) is 11.5 Å². The summed E-state index contributed by atoms with van der Waals surface area (Å²) in [5, 5.41) is 0. The molecule has 39 heavy (non-hydrogen) atoms. The van der Waals surface area contributed by atoms with Crippen molar-refractivity contribution >= 4 is 20.0 Å². The average molecular weight is 582 g/mol. The molecule has 1 aliphatic rings. The standard InChI is InChI=1S/C28H43N3O6S2/c1-7-36-25-11-9-23(21(3)4)19-27(25)38(32,33)29-13-14-30-15-17-31(18-16-30)39(34,35)28-20-24(22(5)6)10-12-26(28)37-8-2/h9-12,19-22,29H,7-8,13-18H2,1-6H3. The molecule has 0 bridgehead atoms. The minimum atomic E-state index is -3.78. The minimum absolute atomic E-state index is 0.139. The number of benzene rings is 2. The maximum absolute atomic E-state index is 13.6. The van der Waals surface area contributed by atoms with Crippen molar-refractivity contribution in [2.24, 2.45) is 0 Å². The van der Waals surface area contributed by atoms with Gasteiger partial charge in [0.05, 0.1) is 13.2 Å². The van der Waals surface area contributed by atoms with Crippen molar-refractivity contribution in [3.63, 3.8) is 0 Å². The Morgan fingerprint density at radius 2 is 1.26 bits per heavy atom. The van der Waals surface area contributed by atoms with E-state index < -0.39 is 20.0 Å². The molecule has 0 amide bonds. The Labute approximate surface area is 234 Å². The molecule has 0 atom stereocenters. The van der Waals surface area contributed by atoms with Gasteiger partial charge in [-0.2, -0.15) is 4.31 Å². The number of nitrogens with zero attached hydrogens (tertiary/aromatic N) is 2. The first-order valence-corrected chi connectivity index (χ1v) is 16.6. The van der Waals surface area contributed by atoms with Gasteiger partial charge in [-0.15, -0.1) is 0 Å². The molecule has 3 rings (SSSR count). The molecule has 11 heteroatoms. The third-order valence-corrected chi connectivity index (χ3v) is 10.2. The Morgan fingerprint density at radius 1 is 0.769 bits per heavy atom. The molecule has 0 aromatic heterocycles. The summed E-state index contributed by atoms with van der Waals surface area (Å²) in [5.74, 6) is 1.07. The second-order valence-electron chi connectivity index (χ2n) is 10.2. The first kappa shape index (κ1) is 31.3. The first-order chi connectivity index (χ1) is 18.4. The molecule has 1 heterocycles. The minimum Gasteiger partial charge on any atom is -0.492 e. The maximum atomic E-state index is 13.6. The average Bonchev–Trinajstić information content (AvgIpc) is 2.89. The van der Waals surface area contributed by atoms with Crippen molar-refractivity contribution in [1.29, 1.82) is 0 Å². The number of ether oxygens (including phenoxy) is 2. The van der Waals surface area contributed by atoms with Crippen LogP contribution in [0.3, 0.4) is 0 Å². The zero-order chi connectivity index (χ0) is 28.8. The summed E-state index contributed by atoms with van der Waals surface area (Å²) in [6.07, 6.45) is 0. The van der Waals surface area contributed by atoms with E-state index in [2.05, 4.69) is 9.62 Å². The van der Waals surface area contributed by atoms with Gasteiger partial charge in [-0.05, 0) is 61.1 Å². The second kappa shape index (κ2) is 13.5. The molecular formula is C28H43N3O6S2. The van der Waals surface area contributed by atoms with Gasteiger partial charge < -0.3 is 9.47 Å². The number of piperazine rings is 1. The fourth-order valence-electron chi connectivity index (χ4n) is 4.48. The maximum Gasteiger partial charge on any atom is 0.246 e. The molecule has 0 radical (unpaired) electrons. The van der Waals surface area contributed by atoms with Gasteiger partial charge >= 0.3 is 0 Å². The Hall–Kier alpha value is -2.18. The van der Waals surface area contributed by atoms with E-state index in [0.717, 1.165) is 11.1 Å². The highest BCUT2D eigenvalue weighted by Crippen LogP contribution is 2.31. The van der Waals surface area contributed by atoms with Gasteiger partial charge in [-0.25, -0.2) is 21.6 Å². The van der Waals surface area contributed by atoms with E-state index in [9.17, 15) is 16.8 Å². The lowest BCUT2D eigenvalue weighted by Gasteiger charge is -2.34. The molecule has 0 saturated carbocycles. The lowest BCUT2D eigenvalue weighted by atomic mass is 10.0. The molecule has 1 N–H and O–H groups in total. The molecule has 1 aliphatic heterocycles. The van der Waals surface area contributed by atoms with E-state index in [-0.39, 0.29) is 28.2 Å². The van der Waals surface area contributed by atoms with Crippen LogP contribution < -0.4 is 14.2 Å². The highest BCUT2D eigenvalue weighted by atomic mass is 32.2. The van der Waals surface area contributed by atoms with E-state index in [4.69, 9.17) is 9.47 Å². The third kappa shape index (κ3) is 7.73. The van der Waals surface area contributed by atoms with Gasteiger partial charge in [0.1, 0.15) is 21.3 Å². The molecule has 0 spiro atoms. The van der Waals surface area contributed by atoms with Crippen LogP contribution >= 0.6 is 0 Å². The van der Waals surface area contributed by atoms with Crippen LogP contribution in [0.15, 0.2) is 46.2 Å². The van der Waals surface area contributed by atoms with Crippen LogP contribution in [0.1, 0.15) is 64.5 Å². The third-order valence-electron chi connectivity index (χ3n) is 6.83. The Bertz CT molecular complexity index is 1320. The number of nitrogens with one attached hydrogen (secondary N) is 1. The van der Waals surface area contributed by atoms with Crippen LogP contribution in [0.4, 0.5) is 0 Å². The van der Waals surface area contributed by atoms with Gasteiger partial charge in [0.15, 0.2) is 0 Å². The van der Waals surface area contributed by atoms with E-state index in [1.807, 2.05) is 53.7 Å². The molecule has 9 nitrogen and oxygen atoms in total. The quantitative estimate of drug-likeness (QED) is 0.381. The Kier molecular flexibility index (Phi) is 10.8. The lowest BCUT2D eigenvalue weighted by molar-refractivity contribution is 0.191. The van der Waals surface area contributed by atoms with Crippen molar-refractivity contribution < 1.29 is 26.3 Å². The second-order valence-corrected chi connectivity index (χ2v) is 13.9. The Balaban J connectivity index is 1.64. The lowest BCUT2D eigenvalue weighted by Crippen LogP contribution is -2.50. The number of hydrogen-bond donors (Lipinski definition) is 1. The van der Waals surface area contributed by atoms with Crippen LogP contribution in [0, 0.1) is 0 Å². The van der Waals surface area contributed by atoms with Crippen LogP contribution in [-0.2, 0) is 20.0 Å². The summed E-state index contributed by atoms with van der Waals surface area (Å²) in [4.78, 5) is 2.40. The molecule has 1 fully saturated rings. The predicted octanol–water partition coefficient (Wildman–Crippen LogP) is 4.02. The van der Waals surface area contributed by atoms with Gasteiger partial charge in [-0.3, -0.25) is 4.90 Å². The van der Waals surface area contributed by atoms with Crippen LogP contribution in [0.25, 0.3) is 0 Å². The highest BCUT2D eigenvalue weighted by Gasteiger charge is 2.31. The SMILES string of the molecule is CCOc1ccc(C(C)C)cc1S(=O)(=O)NCCN1CCN(S(=O)(=O)c2cc(C(C)C)ccc2OCC)CC1. The van der Waals surface area contributed by atoms with Crippen molar-refractivity contribution in [2.75, 3.05) is 52.5 Å². The van der Waals surface area contributed by atoms with E-state index >= 15 is 0 Å². The van der Waals surface area contributed by atoms with Crippen molar-refractivity contribution in [1.82, 2.24) is 13.9 Å². The van der Waals surface area contributed by atoms with Crippen LogP contribution in [0.5, 0.6) is 11.5 Å². The van der Waals surface area contributed by atoms with Gasteiger partial charge in [0.2, 0.25) is 20.0 Å². The molecule has 218 valence electrons.